The van der Waals surface area contributed by atoms with E-state index in [1.54, 1.807) is 17.7 Å². The minimum absolute atomic E-state index is 0.0844. The van der Waals surface area contributed by atoms with Gasteiger partial charge in [-0.1, -0.05) is 6.07 Å². The maximum Gasteiger partial charge on any atom is 0.170 e. The van der Waals surface area contributed by atoms with Crippen LogP contribution in [0.25, 0.3) is 0 Å². The number of carbonyl (C=O) groups is 1. The van der Waals surface area contributed by atoms with E-state index in [1.165, 1.54) is 4.88 Å². The summed E-state index contributed by atoms with van der Waals surface area (Å²) in [5.74, 6) is 0. The molecule has 0 saturated heterocycles. The van der Waals surface area contributed by atoms with E-state index < -0.39 is 0 Å². The average molecular weight is 234 g/mol. The fourth-order valence-electron chi connectivity index (χ4n) is 1.89. The second kappa shape index (κ2) is 3.84. The van der Waals surface area contributed by atoms with Crippen molar-refractivity contribution in [2.24, 2.45) is 0 Å². The van der Waals surface area contributed by atoms with Gasteiger partial charge in [0.1, 0.15) is 11.8 Å². The Kier molecular flexibility index (Phi) is 2.34. The first kappa shape index (κ1) is 9.74. The van der Waals surface area contributed by atoms with Crippen molar-refractivity contribution in [2.75, 3.05) is 0 Å². The highest BCUT2D eigenvalue weighted by Crippen LogP contribution is 2.29. The van der Waals surface area contributed by atoms with E-state index >= 15 is 0 Å². The molecule has 0 saturated carbocycles. The predicted molar refractivity (Wildman–Crippen MR) is 59.5 cm³/mol. The quantitative estimate of drug-likeness (QED) is 0.747. The average Bonchev–Trinajstić information content (AvgIpc) is 2.97. The molecule has 0 aliphatic carbocycles. The maximum atomic E-state index is 10.7. The molecule has 0 bridgehead atoms. The van der Waals surface area contributed by atoms with E-state index in [2.05, 4.69) is 11.1 Å². The molecule has 0 N–H and O–H groups in total. The molecule has 3 heterocycles. The van der Waals surface area contributed by atoms with E-state index in [0.717, 1.165) is 18.5 Å². The number of nitrogens with zero attached hydrogens (tertiary/aromatic N) is 2. The summed E-state index contributed by atoms with van der Waals surface area (Å²) >= 11 is 1.69. The zero-order valence-corrected chi connectivity index (χ0v) is 9.31. The van der Waals surface area contributed by atoms with Crippen LogP contribution in [0.1, 0.15) is 27.2 Å². The lowest BCUT2D eigenvalue weighted by molar-refractivity contribution is 0.00495. The summed E-state index contributed by atoms with van der Waals surface area (Å²) in [4.78, 5) is 16.0. The number of carbonyl (C=O) groups excluding carboxylic acids is 1. The molecule has 0 aromatic carbocycles. The normalized spacial score (nSPS) is 19.4. The van der Waals surface area contributed by atoms with Gasteiger partial charge in [-0.05, 0) is 11.4 Å². The molecule has 0 spiro atoms. The van der Waals surface area contributed by atoms with Gasteiger partial charge in [0.05, 0.1) is 25.2 Å². The molecule has 82 valence electrons. The van der Waals surface area contributed by atoms with Crippen LogP contribution in [0.2, 0.25) is 0 Å². The van der Waals surface area contributed by atoms with Gasteiger partial charge in [-0.25, -0.2) is 4.98 Å². The van der Waals surface area contributed by atoms with Gasteiger partial charge >= 0.3 is 0 Å². The van der Waals surface area contributed by atoms with Crippen molar-refractivity contribution >= 4 is 17.6 Å². The third-order valence-corrected chi connectivity index (χ3v) is 3.70. The second-order valence-electron chi connectivity index (χ2n) is 3.66. The molecule has 0 radical (unpaired) electrons. The summed E-state index contributed by atoms with van der Waals surface area (Å²) in [7, 11) is 0. The largest absolute Gasteiger partial charge is 0.365 e. The SMILES string of the molecule is O=Cc1ncn2c1CO[C@@H](c1cccs1)C2. The summed E-state index contributed by atoms with van der Waals surface area (Å²) < 4.78 is 7.74. The van der Waals surface area contributed by atoms with Crippen LogP contribution in [0.4, 0.5) is 0 Å². The lowest BCUT2D eigenvalue weighted by Crippen LogP contribution is -2.20. The van der Waals surface area contributed by atoms with E-state index in [4.69, 9.17) is 4.74 Å². The zero-order chi connectivity index (χ0) is 11.0. The molecule has 1 aliphatic heterocycles. The van der Waals surface area contributed by atoms with E-state index in [1.807, 2.05) is 16.0 Å². The Morgan fingerprint density at radius 3 is 3.31 bits per heavy atom. The van der Waals surface area contributed by atoms with Crippen LogP contribution in [0, 0.1) is 0 Å². The van der Waals surface area contributed by atoms with Gasteiger partial charge < -0.3 is 9.30 Å². The van der Waals surface area contributed by atoms with Gasteiger partial charge in [0.25, 0.3) is 0 Å². The molecule has 2 aromatic rings. The summed E-state index contributed by atoms with van der Waals surface area (Å²) in [5, 5.41) is 2.04. The van der Waals surface area contributed by atoms with Gasteiger partial charge in [0.2, 0.25) is 0 Å². The molecule has 1 aliphatic rings. The van der Waals surface area contributed by atoms with Gasteiger partial charge in [-0.3, -0.25) is 4.79 Å². The Hall–Kier alpha value is -1.46. The topological polar surface area (TPSA) is 44.1 Å². The monoisotopic (exact) mass is 234 g/mol. The molecule has 5 heteroatoms. The highest BCUT2D eigenvalue weighted by molar-refractivity contribution is 7.10. The molecular formula is C11H10N2O2S. The van der Waals surface area contributed by atoms with Crippen molar-refractivity contribution in [3.8, 4) is 0 Å². The number of aromatic nitrogens is 2. The number of ether oxygens (including phenoxy) is 1. The Bertz CT molecular complexity index is 504. The minimum atomic E-state index is 0.0844. The number of thiophene rings is 1. The molecule has 4 nitrogen and oxygen atoms in total. The van der Waals surface area contributed by atoms with Crippen LogP contribution >= 0.6 is 11.3 Å². The third-order valence-electron chi connectivity index (χ3n) is 2.73. The van der Waals surface area contributed by atoms with E-state index in [9.17, 15) is 4.79 Å². The molecule has 0 unspecified atom stereocenters. The number of fused-ring (bicyclic) bond motifs is 1. The Morgan fingerprint density at radius 1 is 1.62 bits per heavy atom. The van der Waals surface area contributed by atoms with Crippen LogP contribution in [-0.2, 0) is 17.9 Å². The maximum absolute atomic E-state index is 10.7. The number of aldehydes is 1. The fourth-order valence-corrected chi connectivity index (χ4v) is 2.66. The minimum Gasteiger partial charge on any atom is -0.365 e. The Balaban J connectivity index is 1.90. The third kappa shape index (κ3) is 1.48. The van der Waals surface area contributed by atoms with Gasteiger partial charge in [0, 0.05) is 4.88 Å². The van der Waals surface area contributed by atoms with Crippen LogP contribution in [0.15, 0.2) is 23.8 Å². The summed E-state index contributed by atoms with van der Waals surface area (Å²) in [6.07, 6.45) is 2.57. The van der Waals surface area contributed by atoms with Gasteiger partial charge in [-0.2, -0.15) is 0 Å². The number of rotatable bonds is 2. The van der Waals surface area contributed by atoms with E-state index in [-0.39, 0.29) is 6.10 Å². The molecule has 0 amide bonds. The number of hydrogen-bond acceptors (Lipinski definition) is 4. The molecule has 16 heavy (non-hydrogen) atoms. The summed E-state index contributed by atoms with van der Waals surface area (Å²) in [6, 6.07) is 4.08. The lowest BCUT2D eigenvalue weighted by atomic mass is 10.2. The fraction of sp³-hybridized carbons (Fsp3) is 0.273. The van der Waals surface area contributed by atoms with Crippen molar-refractivity contribution in [2.45, 2.75) is 19.3 Å². The van der Waals surface area contributed by atoms with Crippen LogP contribution in [0.5, 0.6) is 0 Å². The first-order chi connectivity index (χ1) is 7.88. The molecular weight excluding hydrogens is 224 g/mol. The zero-order valence-electron chi connectivity index (χ0n) is 8.50. The van der Waals surface area contributed by atoms with Crippen LogP contribution < -0.4 is 0 Å². The standard InChI is InChI=1S/C11H10N2O2S/c14-5-8-9-6-15-10(4-13(9)7-12-8)11-2-1-3-16-11/h1-3,5,7,10H,4,6H2/t10-/m1/s1. The molecule has 1 atom stereocenters. The summed E-state index contributed by atoms with van der Waals surface area (Å²) in [5.41, 5.74) is 1.37. The van der Waals surface area contributed by atoms with Crippen LogP contribution in [0.3, 0.4) is 0 Å². The smallest absolute Gasteiger partial charge is 0.170 e. The number of hydrogen-bond donors (Lipinski definition) is 0. The van der Waals surface area contributed by atoms with Crippen LogP contribution in [-0.4, -0.2) is 15.8 Å². The van der Waals surface area contributed by atoms with Crippen molar-refractivity contribution in [1.82, 2.24) is 9.55 Å². The van der Waals surface area contributed by atoms with Crippen molar-refractivity contribution in [1.29, 1.82) is 0 Å². The number of imidazole rings is 1. The van der Waals surface area contributed by atoms with Gasteiger partial charge in [0.15, 0.2) is 6.29 Å². The predicted octanol–water partition coefficient (Wildman–Crippen LogP) is 2.03. The van der Waals surface area contributed by atoms with Crippen molar-refractivity contribution < 1.29 is 9.53 Å². The molecule has 0 fully saturated rings. The molecule has 2 aromatic heterocycles. The Morgan fingerprint density at radius 2 is 2.56 bits per heavy atom. The Labute approximate surface area is 96.5 Å². The van der Waals surface area contributed by atoms with Gasteiger partial charge in [-0.15, -0.1) is 11.3 Å². The van der Waals surface area contributed by atoms with Crippen molar-refractivity contribution in [3.05, 3.63) is 40.1 Å². The lowest BCUT2D eigenvalue weighted by Gasteiger charge is -2.24. The first-order valence-electron chi connectivity index (χ1n) is 5.02. The highest BCUT2D eigenvalue weighted by Gasteiger charge is 2.23. The highest BCUT2D eigenvalue weighted by atomic mass is 32.1. The molecule has 3 rings (SSSR count). The van der Waals surface area contributed by atoms with E-state index in [0.29, 0.717) is 12.3 Å². The first-order valence-corrected chi connectivity index (χ1v) is 5.90. The summed E-state index contributed by atoms with van der Waals surface area (Å²) in [6.45, 7) is 1.19. The van der Waals surface area contributed by atoms with Crippen molar-refractivity contribution in [3.63, 3.8) is 0 Å². The second-order valence-corrected chi connectivity index (χ2v) is 4.64.